The van der Waals surface area contributed by atoms with Crippen molar-refractivity contribution in [3.05, 3.63) is 52.6 Å². The number of hydrogen-bond donors (Lipinski definition) is 1. The number of carbonyl (C=O) groups is 1. The van der Waals surface area contributed by atoms with Gasteiger partial charge in [-0.25, -0.2) is 8.42 Å². The SMILES string of the molecule is Cc1cc(C)cc(NS(=O)(=O)c2c(C)cc(N3CCCC3=O)cc2C)c1. The van der Waals surface area contributed by atoms with Gasteiger partial charge in [-0.3, -0.25) is 9.52 Å². The van der Waals surface area contributed by atoms with E-state index >= 15 is 0 Å². The van der Waals surface area contributed by atoms with Gasteiger partial charge in [0.15, 0.2) is 0 Å². The van der Waals surface area contributed by atoms with Gasteiger partial charge in [0.25, 0.3) is 10.0 Å². The molecule has 2 aromatic carbocycles. The molecule has 0 aromatic heterocycles. The van der Waals surface area contributed by atoms with Crippen molar-refractivity contribution in [2.75, 3.05) is 16.2 Å². The number of carbonyl (C=O) groups excluding carboxylic acids is 1. The molecule has 0 saturated carbocycles. The van der Waals surface area contributed by atoms with Gasteiger partial charge in [-0.05, 0) is 80.6 Å². The molecule has 3 rings (SSSR count). The van der Waals surface area contributed by atoms with Crippen LogP contribution in [0.15, 0.2) is 35.2 Å². The molecule has 26 heavy (non-hydrogen) atoms. The van der Waals surface area contributed by atoms with Crippen molar-refractivity contribution in [2.45, 2.75) is 45.4 Å². The van der Waals surface area contributed by atoms with Crippen LogP contribution in [-0.2, 0) is 14.8 Å². The van der Waals surface area contributed by atoms with Crippen molar-refractivity contribution in [3.8, 4) is 0 Å². The second-order valence-corrected chi connectivity index (χ2v) is 8.66. The van der Waals surface area contributed by atoms with Crippen LogP contribution in [0.2, 0.25) is 0 Å². The summed E-state index contributed by atoms with van der Waals surface area (Å²) < 4.78 is 28.6. The third-order valence-electron chi connectivity index (χ3n) is 4.57. The molecule has 0 radical (unpaired) electrons. The maximum atomic E-state index is 13.0. The summed E-state index contributed by atoms with van der Waals surface area (Å²) >= 11 is 0. The van der Waals surface area contributed by atoms with E-state index in [1.807, 2.05) is 32.0 Å². The molecule has 0 bridgehead atoms. The molecule has 1 fully saturated rings. The fourth-order valence-electron chi connectivity index (χ4n) is 3.67. The Morgan fingerprint density at radius 2 is 1.50 bits per heavy atom. The Hall–Kier alpha value is -2.34. The van der Waals surface area contributed by atoms with Crippen LogP contribution in [-0.4, -0.2) is 20.9 Å². The van der Waals surface area contributed by atoms with Crippen LogP contribution in [0, 0.1) is 27.7 Å². The van der Waals surface area contributed by atoms with E-state index in [0.29, 0.717) is 29.8 Å². The minimum absolute atomic E-state index is 0.0905. The quantitative estimate of drug-likeness (QED) is 0.886. The number of anilines is 2. The number of nitrogens with zero attached hydrogens (tertiary/aromatic N) is 1. The maximum Gasteiger partial charge on any atom is 0.262 e. The summed E-state index contributed by atoms with van der Waals surface area (Å²) in [6, 6.07) is 9.19. The van der Waals surface area contributed by atoms with Crippen LogP contribution in [0.1, 0.15) is 35.1 Å². The molecule has 1 heterocycles. The molecule has 1 aliphatic heterocycles. The molecule has 6 heteroatoms. The molecule has 0 unspecified atom stereocenters. The summed E-state index contributed by atoms with van der Waals surface area (Å²) in [6.07, 6.45) is 1.39. The van der Waals surface area contributed by atoms with Gasteiger partial charge in [0.05, 0.1) is 4.90 Å². The van der Waals surface area contributed by atoms with Gasteiger partial charge in [-0.1, -0.05) is 6.07 Å². The predicted molar refractivity (Wildman–Crippen MR) is 104 cm³/mol. The number of rotatable bonds is 4. The summed E-state index contributed by atoms with van der Waals surface area (Å²) in [6.45, 7) is 8.09. The molecule has 0 spiro atoms. The summed E-state index contributed by atoms with van der Waals surface area (Å²) in [5, 5.41) is 0. The monoisotopic (exact) mass is 372 g/mol. The molecular formula is C20H24N2O3S. The molecule has 5 nitrogen and oxygen atoms in total. The van der Waals surface area contributed by atoms with Crippen LogP contribution in [0.25, 0.3) is 0 Å². The smallest absolute Gasteiger partial charge is 0.262 e. The molecule has 1 saturated heterocycles. The standard InChI is InChI=1S/C20H24N2O3S/c1-13-8-14(2)10-17(9-13)21-26(24,25)20-15(3)11-18(12-16(20)4)22-7-5-6-19(22)23/h8-12,21H,5-7H2,1-4H3. The number of sulfonamides is 1. The highest BCUT2D eigenvalue weighted by molar-refractivity contribution is 7.92. The second kappa shape index (κ2) is 6.76. The van der Waals surface area contributed by atoms with E-state index in [1.54, 1.807) is 30.9 Å². The van der Waals surface area contributed by atoms with E-state index in [0.717, 1.165) is 23.2 Å². The minimum atomic E-state index is -3.72. The number of aryl methyl sites for hydroxylation is 4. The van der Waals surface area contributed by atoms with Gasteiger partial charge >= 0.3 is 0 Å². The predicted octanol–water partition coefficient (Wildman–Crippen LogP) is 3.85. The number of hydrogen-bond acceptors (Lipinski definition) is 3. The van der Waals surface area contributed by atoms with E-state index in [2.05, 4.69) is 4.72 Å². The normalized spacial score (nSPS) is 14.8. The summed E-state index contributed by atoms with van der Waals surface area (Å²) in [7, 11) is -3.72. The lowest BCUT2D eigenvalue weighted by molar-refractivity contribution is -0.117. The van der Waals surface area contributed by atoms with Crippen molar-refractivity contribution < 1.29 is 13.2 Å². The Labute approximate surface area is 155 Å². The first kappa shape index (κ1) is 18.5. The lowest BCUT2D eigenvalue weighted by atomic mass is 10.1. The van der Waals surface area contributed by atoms with Crippen molar-refractivity contribution in [2.24, 2.45) is 0 Å². The highest BCUT2D eigenvalue weighted by Gasteiger charge is 2.25. The third-order valence-corrected chi connectivity index (χ3v) is 6.26. The summed E-state index contributed by atoms with van der Waals surface area (Å²) in [4.78, 5) is 14.0. The van der Waals surface area contributed by atoms with E-state index in [-0.39, 0.29) is 10.8 Å². The van der Waals surface area contributed by atoms with Crippen molar-refractivity contribution in [3.63, 3.8) is 0 Å². The Bertz CT molecular complexity index is 937. The molecule has 0 atom stereocenters. The van der Waals surface area contributed by atoms with Crippen LogP contribution >= 0.6 is 0 Å². The van der Waals surface area contributed by atoms with E-state index in [4.69, 9.17) is 0 Å². The molecule has 1 amide bonds. The van der Waals surface area contributed by atoms with E-state index in [1.165, 1.54) is 0 Å². The Morgan fingerprint density at radius 1 is 0.923 bits per heavy atom. The van der Waals surface area contributed by atoms with Gasteiger partial charge in [0.2, 0.25) is 5.91 Å². The largest absolute Gasteiger partial charge is 0.312 e. The lowest BCUT2D eigenvalue weighted by Crippen LogP contribution is -2.24. The zero-order valence-corrected chi connectivity index (χ0v) is 16.4. The lowest BCUT2D eigenvalue weighted by Gasteiger charge is -2.20. The number of amides is 1. The van der Waals surface area contributed by atoms with Crippen LogP contribution in [0.4, 0.5) is 11.4 Å². The van der Waals surface area contributed by atoms with Crippen molar-refractivity contribution in [1.29, 1.82) is 0 Å². The molecule has 1 aliphatic rings. The first-order valence-corrected chi connectivity index (χ1v) is 10.2. The van der Waals surface area contributed by atoms with Crippen molar-refractivity contribution in [1.82, 2.24) is 0 Å². The first-order valence-electron chi connectivity index (χ1n) is 8.70. The summed E-state index contributed by atoms with van der Waals surface area (Å²) in [5.74, 6) is 0.0905. The van der Waals surface area contributed by atoms with Gasteiger partial charge in [-0.15, -0.1) is 0 Å². The first-order chi connectivity index (χ1) is 12.2. The fourth-order valence-corrected chi connectivity index (χ4v) is 5.16. The fraction of sp³-hybridized carbons (Fsp3) is 0.350. The zero-order chi connectivity index (χ0) is 19.1. The van der Waals surface area contributed by atoms with Gasteiger partial charge in [0, 0.05) is 24.3 Å². The Balaban J connectivity index is 1.98. The van der Waals surface area contributed by atoms with Crippen molar-refractivity contribution >= 4 is 27.3 Å². The molecular weight excluding hydrogens is 348 g/mol. The molecule has 0 aliphatic carbocycles. The van der Waals surface area contributed by atoms with Gasteiger partial charge < -0.3 is 4.90 Å². The molecule has 1 N–H and O–H groups in total. The topological polar surface area (TPSA) is 66.5 Å². The highest BCUT2D eigenvalue weighted by atomic mass is 32.2. The average molecular weight is 372 g/mol. The minimum Gasteiger partial charge on any atom is -0.312 e. The van der Waals surface area contributed by atoms with Gasteiger partial charge in [-0.2, -0.15) is 0 Å². The average Bonchev–Trinajstić information content (AvgIpc) is 2.90. The van der Waals surface area contributed by atoms with Gasteiger partial charge in [0.1, 0.15) is 0 Å². The number of benzene rings is 2. The third kappa shape index (κ3) is 3.60. The Morgan fingerprint density at radius 3 is 2.00 bits per heavy atom. The molecule has 2 aromatic rings. The second-order valence-electron chi connectivity index (χ2n) is 7.04. The Kier molecular flexibility index (Phi) is 4.80. The highest BCUT2D eigenvalue weighted by Crippen LogP contribution is 2.30. The van der Waals surface area contributed by atoms with Crippen LogP contribution in [0.3, 0.4) is 0 Å². The summed E-state index contributed by atoms with van der Waals surface area (Å²) in [5.41, 5.74) is 4.60. The van der Waals surface area contributed by atoms with E-state index < -0.39 is 10.0 Å². The number of nitrogens with one attached hydrogen (secondary N) is 1. The molecule has 138 valence electrons. The van der Waals surface area contributed by atoms with Crippen LogP contribution in [0.5, 0.6) is 0 Å². The van der Waals surface area contributed by atoms with E-state index in [9.17, 15) is 13.2 Å². The maximum absolute atomic E-state index is 13.0. The van der Waals surface area contributed by atoms with Crippen LogP contribution < -0.4 is 9.62 Å². The zero-order valence-electron chi connectivity index (χ0n) is 15.6.